The Labute approximate surface area is 123 Å². The largest absolute Gasteiger partial charge is 0.480 e. The van der Waals surface area contributed by atoms with Crippen LogP contribution in [0.15, 0.2) is 0 Å². The summed E-state index contributed by atoms with van der Waals surface area (Å²) in [5.41, 5.74) is -1.19. The monoisotopic (exact) mass is 302 g/mol. The maximum Gasteiger partial charge on any atom is 0.329 e. The van der Waals surface area contributed by atoms with Crippen LogP contribution in [0.2, 0.25) is 0 Å². The topological polar surface area (TPSA) is 87.7 Å². The summed E-state index contributed by atoms with van der Waals surface area (Å²) in [5, 5.41) is 14.8. The van der Waals surface area contributed by atoms with Gasteiger partial charge in [-0.05, 0) is 25.5 Å². The van der Waals surface area contributed by atoms with Crippen LogP contribution in [0.25, 0.3) is 0 Å². The highest BCUT2D eigenvalue weighted by Gasteiger charge is 2.42. The number of carboxylic acids is 1. The van der Waals surface area contributed by atoms with Crippen molar-refractivity contribution in [2.75, 3.05) is 25.5 Å². The molecular formula is C13H22N2O4S. The second-order valence-corrected chi connectivity index (χ2v) is 7.39. The quantitative estimate of drug-likeness (QED) is 0.726. The Morgan fingerprint density at radius 1 is 1.30 bits per heavy atom. The van der Waals surface area contributed by atoms with Gasteiger partial charge in [0, 0.05) is 37.3 Å². The van der Waals surface area contributed by atoms with Crippen LogP contribution in [-0.4, -0.2) is 52.9 Å². The smallest absolute Gasteiger partial charge is 0.329 e. The average molecular weight is 302 g/mol. The van der Waals surface area contributed by atoms with E-state index in [1.165, 1.54) is 6.42 Å². The summed E-state index contributed by atoms with van der Waals surface area (Å²) in [4.78, 5) is 23.4. The first-order valence-electron chi connectivity index (χ1n) is 6.97. The molecule has 1 unspecified atom stereocenters. The molecule has 0 aromatic rings. The standard InChI is InChI=1S/C13H22N2O4S/c1-12(3-2-8-20-12)9-14-11(18)15-13(10(16)17)4-6-19-7-5-13/h2-9H2,1H3,(H,16,17)(H2,14,15,18). The third-order valence-electron chi connectivity index (χ3n) is 4.03. The molecular weight excluding hydrogens is 280 g/mol. The fourth-order valence-electron chi connectivity index (χ4n) is 2.62. The lowest BCUT2D eigenvalue weighted by Crippen LogP contribution is -2.60. The minimum Gasteiger partial charge on any atom is -0.480 e. The highest BCUT2D eigenvalue weighted by Crippen LogP contribution is 2.36. The Bertz CT molecular complexity index is 377. The van der Waals surface area contributed by atoms with E-state index in [0.717, 1.165) is 12.2 Å². The summed E-state index contributed by atoms with van der Waals surface area (Å²) >= 11 is 1.86. The molecule has 2 aliphatic rings. The second-order valence-electron chi connectivity index (χ2n) is 5.71. The van der Waals surface area contributed by atoms with Crippen molar-refractivity contribution in [3.05, 3.63) is 0 Å². The van der Waals surface area contributed by atoms with E-state index >= 15 is 0 Å². The number of hydrogen-bond acceptors (Lipinski definition) is 4. The molecule has 1 atom stereocenters. The van der Waals surface area contributed by atoms with Crippen LogP contribution in [0, 0.1) is 0 Å². The molecule has 0 aromatic heterocycles. The molecule has 20 heavy (non-hydrogen) atoms. The van der Waals surface area contributed by atoms with E-state index in [-0.39, 0.29) is 4.75 Å². The van der Waals surface area contributed by atoms with Gasteiger partial charge in [-0.15, -0.1) is 0 Å². The predicted molar refractivity (Wildman–Crippen MR) is 77.1 cm³/mol. The number of carbonyl (C=O) groups is 2. The maximum absolute atomic E-state index is 12.0. The number of aliphatic carboxylic acids is 1. The number of carbonyl (C=O) groups excluding carboxylic acids is 1. The first-order chi connectivity index (χ1) is 9.46. The molecule has 0 saturated carbocycles. The first-order valence-corrected chi connectivity index (χ1v) is 7.96. The van der Waals surface area contributed by atoms with E-state index in [2.05, 4.69) is 17.6 Å². The molecule has 114 valence electrons. The Morgan fingerprint density at radius 3 is 2.55 bits per heavy atom. The zero-order chi connectivity index (χ0) is 14.6. The van der Waals surface area contributed by atoms with Crippen molar-refractivity contribution in [1.29, 1.82) is 0 Å². The van der Waals surface area contributed by atoms with Crippen LogP contribution < -0.4 is 10.6 Å². The highest BCUT2D eigenvalue weighted by molar-refractivity contribution is 8.00. The number of carboxylic acid groups (broad SMARTS) is 1. The van der Waals surface area contributed by atoms with Crippen molar-refractivity contribution in [2.45, 2.75) is 42.9 Å². The molecule has 0 spiro atoms. The Kier molecular flexibility index (Phi) is 4.80. The molecule has 2 amide bonds. The van der Waals surface area contributed by atoms with Crippen molar-refractivity contribution < 1.29 is 19.4 Å². The van der Waals surface area contributed by atoms with E-state index in [4.69, 9.17) is 4.74 Å². The Morgan fingerprint density at radius 2 is 2.00 bits per heavy atom. The van der Waals surface area contributed by atoms with Gasteiger partial charge in [-0.3, -0.25) is 0 Å². The van der Waals surface area contributed by atoms with Crippen LogP contribution in [0.3, 0.4) is 0 Å². The lowest BCUT2D eigenvalue weighted by molar-refractivity contribution is -0.148. The molecule has 0 radical (unpaired) electrons. The summed E-state index contributed by atoms with van der Waals surface area (Å²) < 4.78 is 5.25. The number of thioether (sulfide) groups is 1. The van der Waals surface area contributed by atoms with Crippen LogP contribution in [-0.2, 0) is 9.53 Å². The molecule has 6 nitrogen and oxygen atoms in total. The molecule has 7 heteroatoms. The number of rotatable bonds is 4. The van der Waals surface area contributed by atoms with Crippen LogP contribution in [0.1, 0.15) is 32.6 Å². The van der Waals surface area contributed by atoms with Gasteiger partial charge in [-0.25, -0.2) is 9.59 Å². The van der Waals surface area contributed by atoms with Crippen molar-refractivity contribution in [3.8, 4) is 0 Å². The highest BCUT2D eigenvalue weighted by atomic mass is 32.2. The van der Waals surface area contributed by atoms with Crippen LogP contribution >= 0.6 is 11.8 Å². The average Bonchev–Trinajstić information content (AvgIpc) is 2.85. The molecule has 0 bridgehead atoms. The summed E-state index contributed by atoms with van der Waals surface area (Å²) in [5.74, 6) is 0.133. The van der Waals surface area contributed by atoms with Gasteiger partial charge < -0.3 is 20.5 Å². The SMILES string of the molecule is CC1(CNC(=O)NC2(C(=O)O)CCOCC2)CCCS1. The third kappa shape index (κ3) is 3.58. The molecule has 2 heterocycles. The number of urea groups is 1. The number of amides is 2. The van der Waals surface area contributed by atoms with E-state index in [1.807, 2.05) is 11.8 Å². The number of ether oxygens (including phenoxy) is 1. The van der Waals surface area contributed by atoms with Crippen molar-refractivity contribution in [3.63, 3.8) is 0 Å². The maximum atomic E-state index is 12.0. The summed E-state index contributed by atoms with van der Waals surface area (Å²) in [6.45, 7) is 3.42. The zero-order valence-electron chi connectivity index (χ0n) is 11.7. The summed E-state index contributed by atoms with van der Waals surface area (Å²) in [7, 11) is 0. The van der Waals surface area contributed by atoms with Gasteiger partial charge >= 0.3 is 12.0 Å². The van der Waals surface area contributed by atoms with Crippen molar-refractivity contribution >= 4 is 23.8 Å². The van der Waals surface area contributed by atoms with Crippen molar-refractivity contribution in [1.82, 2.24) is 10.6 Å². The number of nitrogens with one attached hydrogen (secondary N) is 2. The predicted octanol–water partition coefficient (Wildman–Crippen LogP) is 1.21. The Balaban J connectivity index is 1.87. The molecule has 0 aromatic carbocycles. The zero-order valence-corrected chi connectivity index (χ0v) is 12.6. The Hall–Kier alpha value is -0.950. The molecule has 2 saturated heterocycles. The van der Waals surface area contributed by atoms with Gasteiger partial charge in [0.1, 0.15) is 5.54 Å². The molecule has 0 aliphatic carbocycles. The van der Waals surface area contributed by atoms with Gasteiger partial charge in [0.25, 0.3) is 0 Å². The van der Waals surface area contributed by atoms with E-state index in [0.29, 0.717) is 32.6 Å². The molecule has 2 rings (SSSR count). The summed E-state index contributed by atoms with van der Waals surface area (Å²) in [6.07, 6.45) is 2.86. The molecule has 2 aliphatic heterocycles. The normalized spacial score (nSPS) is 28.9. The van der Waals surface area contributed by atoms with Gasteiger partial charge in [0.2, 0.25) is 0 Å². The van der Waals surface area contributed by atoms with Crippen molar-refractivity contribution in [2.24, 2.45) is 0 Å². The summed E-state index contributed by atoms with van der Waals surface area (Å²) in [6, 6.07) is -0.400. The first kappa shape index (κ1) is 15.4. The third-order valence-corrected chi connectivity index (χ3v) is 5.57. The fourth-order valence-corrected chi connectivity index (χ4v) is 3.86. The number of hydrogen-bond donors (Lipinski definition) is 3. The molecule has 2 fully saturated rings. The minimum atomic E-state index is -1.19. The van der Waals surface area contributed by atoms with Crippen LogP contribution in [0.5, 0.6) is 0 Å². The molecule has 3 N–H and O–H groups in total. The minimum absolute atomic E-state index is 0.0728. The van der Waals surface area contributed by atoms with Gasteiger partial charge in [0.05, 0.1) is 0 Å². The van der Waals surface area contributed by atoms with Crippen LogP contribution in [0.4, 0.5) is 4.79 Å². The fraction of sp³-hybridized carbons (Fsp3) is 0.846. The van der Waals surface area contributed by atoms with Gasteiger partial charge in [0.15, 0.2) is 0 Å². The van der Waals surface area contributed by atoms with E-state index in [1.54, 1.807) is 0 Å². The van der Waals surface area contributed by atoms with E-state index < -0.39 is 17.5 Å². The van der Waals surface area contributed by atoms with E-state index in [9.17, 15) is 14.7 Å². The van der Waals surface area contributed by atoms with Gasteiger partial charge in [-0.1, -0.05) is 0 Å². The lowest BCUT2D eigenvalue weighted by atomic mass is 9.90. The van der Waals surface area contributed by atoms with Gasteiger partial charge in [-0.2, -0.15) is 11.8 Å². The lowest BCUT2D eigenvalue weighted by Gasteiger charge is -2.34. The second kappa shape index (κ2) is 6.22.